The number of ether oxygens (including phenoxy) is 5. The van der Waals surface area contributed by atoms with E-state index >= 15 is 0 Å². The Hall–Kier alpha value is -6.54. The van der Waals surface area contributed by atoms with Crippen LogP contribution in [0.3, 0.4) is 0 Å². The predicted molar refractivity (Wildman–Crippen MR) is 310 cm³/mol. The van der Waals surface area contributed by atoms with Crippen LogP contribution in [-0.4, -0.2) is 151 Å². The van der Waals surface area contributed by atoms with E-state index in [1.54, 1.807) is 51.1 Å². The summed E-state index contributed by atoms with van der Waals surface area (Å²) in [7, 11) is 0. The zero-order chi connectivity index (χ0) is 60.4. The lowest BCUT2D eigenvalue weighted by Gasteiger charge is -2.39. The number of hydrogen-bond donors (Lipinski definition) is 11. The number of nitrogens with two attached hydrogens (primary N) is 1. The molecule has 12 N–H and O–H groups in total. The number of esters is 1. The van der Waals surface area contributed by atoms with Gasteiger partial charge >= 0.3 is 18.1 Å². The SMILES string of the molecule is C=C(N)NCCC[C@H](NC(=O)[C@@H](NC(=O)CCCCCNC(=O)CBr)C(C)C)C(=O)Nc1ccc(COC(=O)NCNC(=O)NC[C@@H]2C[C@@]3(CO3)[C@H](O)[C@@H](/C=C/C(C)=C/C[C@@H]3O[C@H](C)[C@H](NC(=O)/C=C\[C@H](C)OC(C)=O)C[C@@H]3C)O2)cc1. The number of amides is 8. The highest BCUT2D eigenvalue weighted by Gasteiger charge is 2.58. The third-order valence-electron chi connectivity index (χ3n) is 13.9. The first-order valence-corrected chi connectivity index (χ1v) is 29.2. The van der Waals surface area contributed by atoms with Crippen LogP contribution in [0.1, 0.15) is 112 Å². The van der Waals surface area contributed by atoms with Gasteiger partial charge in [-0.1, -0.05) is 85.6 Å². The maximum atomic E-state index is 13.6. The minimum atomic E-state index is -0.973. The number of aliphatic hydroxyl groups is 1. The van der Waals surface area contributed by atoms with Gasteiger partial charge in [0.25, 0.3) is 0 Å². The maximum absolute atomic E-state index is 13.6. The number of epoxide rings is 1. The number of unbranched alkanes of at least 4 members (excludes halogenated alkanes) is 2. The van der Waals surface area contributed by atoms with Crippen LogP contribution in [0.15, 0.2) is 72.6 Å². The van der Waals surface area contributed by atoms with Gasteiger partial charge < -0.3 is 82.4 Å². The molecular formula is C57H87BrN10O14. The molecule has 82 heavy (non-hydrogen) atoms. The van der Waals surface area contributed by atoms with Crippen LogP contribution in [0.2, 0.25) is 0 Å². The minimum absolute atomic E-state index is 0.0783. The number of urea groups is 1. The summed E-state index contributed by atoms with van der Waals surface area (Å²) < 4.78 is 28.6. The molecule has 0 bridgehead atoms. The summed E-state index contributed by atoms with van der Waals surface area (Å²) in [4.78, 5) is 100. The molecule has 4 rings (SSSR count). The third kappa shape index (κ3) is 24.9. The van der Waals surface area contributed by atoms with Crippen LogP contribution in [0.25, 0.3) is 0 Å². The quantitative estimate of drug-likeness (QED) is 0.00934. The monoisotopic (exact) mass is 1210 g/mol. The van der Waals surface area contributed by atoms with Gasteiger partial charge in [-0.25, -0.2) is 9.59 Å². The number of halogens is 1. The number of carbonyl (C=O) groups excluding carboxylic acids is 8. The summed E-state index contributed by atoms with van der Waals surface area (Å²) in [6.45, 7) is 17.1. The van der Waals surface area contributed by atoms with Crippen molar-refractivity contribution in [2.24, 2.45) is 17.6 Å². The molecule has 3 fully saturated rings. The number of benzene rings is 1. The van der Waals surface area contributed by atoms with E-state index in [1.807, 2.05) is 19.9 Å². The summed E-state index contributed by atoms with van der Waals surface area (Å²) in [6, 6.07) is 3.91. The van der Waals surface area contributed by atoms with E-state index in [4.69, 9.17) is 29.4 Å². The molecule has 24 nitrogen and oxygen atoms in total. The Balaban J connectivity index is 1.17. The molecule has 0 aromatic heterocycles. The molecule has 25 heteroatoms. The van der Waals surface area contributed by atoms with Gasteiger partial charge in [-0.2, -0.15) is 0 Å². The van der Waals surface area contributed by atoms with Gasteiger partial charge in [0, 0.05) is 51.2 Å². The van der Waals surface area contributed by atoms with Crippen molar-refractivity contribution in [3.63, 3.8) is 0 Å². The van der Waals surface area contributed by atoms with Crippen LogP contribution in [-0.2, 0) is 59.1 Å². The van der Waals surface area contributed by atoms with Crippen LogP contribution in [0.4, 0.5) is 15.3 Å². The summed E-state index contributed by atoms with van der Waals surface area (Å²) in [6.07, 6.45) is 9.48. The second kappa shape index (κ2) is 34.8. The van der Waals surface area contributed by atoms with Crippen LogP contribution < -0.4 is 53.6 Å². The Morgan fingerprint density at radius 1 is 0.890 bits per heavy atom. The molecule has 456 valence electrons. The van der Waals surface area contributed by atoms with Crippen molar-refractivity contribution in [3.05, 3.63) is 78.2 Å². The number of carbonyl (C=O) groups is 8. The second-order valence-corrected chi connectivity index (χ2v) is 22.0. The topological polar surface area (TPSA) is 341 Å². The van der Waals surface area contributed by atoms with Gasteiger partial charge in [0.2, 0.25) is 29.5 Å². The Bertz CT molecular complexity index is 2400. The largest absolute Gasteiger partial charge is 0.459 e. The fourth-order valence-corrected chi connectivity index (χ4v) is 9.39. The molecule has 11 atom stereocenters. The molecule has 1 aromatic rings. The Kier molecular flexibility index (Phi) is 28.8. The predicted octanol–water partition coefficient (Wildman–Crippen LogP) is 3.59. The fourth-order valence-electron chi connectivity index (χ4n) is 9.19. The molecule has 1 aromatic carbocycles. The van der Waals surface area contributed by atoms with E-state index in [0.717, 1.165) is 12.0 Å². The van der Waals surface area contributed by atoms with E-state index in [1.165, 1.54) is 19.1 Å². The summed E-state index contributed by atoms with van der Waals surface area (Å²) >= 11 is 3.10. The van der Waals surface area contributed by atoms with Crippen LogP contribution in [0.5, 0.6) is 0 Å². The molecule has 0 unspecified atom stereocenters. The lowest BCUT2D eigenvalue weighted by molar-refractivity contribution is -0.143. The number of anilines is 1. The number of nitrogens with one attached hydrogen (secondary N) is 9. The van der Waals surface area contributed by atoms with Crippen molar-refractivity contribution in [1.29, 1.82) is 0 Å². The number of hydrogen-bond acceptors (Lipinski definition) is 16. The van der Waals surface area contributed by atoms with Crippen LogP contribution >= 0.6 is 15.9 Å². The maximum Gasteiger partial charge on any atom is 0.408 e. The van der Waals surface area contributed by atoms with Gasteiger partial charge in [0.05, 0.1) is 48.8 Å². The zero-order valence-corrected chi connectivity index (χ0v) is 49.9. The first kappa shape index (κ1) is 68.0. The molecular weight excluding hydrogens is 1130 g/mol. The lowest BCUT2D eigenvalue weighted by Crippen LogP contribution is -2.54. The van der Waals surface area contributed by atoms with E-state index < -0.39 is 72.0 Å². The van der Waals surface area contributed by atoms with E-state index in [-0.39, 0.29) is 91.6 Å². The summed E-state index contributed by atoms with van der Waals surface area (Å²) in [5, 5.41) is 36.2. The van der Waals surface area contributed by atoms with E-state index in [0.29, 0.717) is 69.5 Å². The first-order chi connectivity index (χ1) is 39.0. The molecule has 3 heterocycles. The zero-order valence-electron chi connectivity index (χ0n) is 48.3. The van der Waals surface area contributed by atoms with Crippen molar-refractivity contribution in [2.75, 3.05) is 43.6 Å². The Morgan fingerprint density at radius 2 is 1.61 bits per heavy atom. The summed E-state index contributed by atoms with van der Waals surface area (Å²) in [5.74, 6) is -1.99. The van der Waals surface area contributed by atoms with E-state index in [9.17, 15) is 43.5 Å². The van der Waals surface area contributed by atoms with Gasteiger partial charge in [0.1, 0.15) is 42.6 Å². The standard InChI is InChI=1S/C57H87BrN10O14/c1-34(2)51(68-48(70)14-10-9-11-25-61-50(72)29-58)54(75)67-44(13-12-26-60-39(7)59)53(74)65-42-20-18-41(19-21-42)31-78-56(77)64-33-63-55(76)62-30-43-28-57(32-79-57)52(73)47(82-43)23-16-35(3)15-22-46-36(4)27-45(38(6)81-46)66-49(71)24-17-37(5)80-40(8)69/h15-21,23-24,34,36-38,43-47,51-52,60,73H,7,9-14,22,25-33,59H2,1-6,8H3,(H,61,72)(H,64,77)(H,65,74)(H,66,71)(H,67,75)(H,68,70)(H2,62,63,76)/b23-16+,24-17-,35-15+/t36-,37-,38+,43-,44-,45+,46-,47+,51-,52+,57+/m0/s1. The van der Waals surface area contributed by atoms with Gasteiger partial charge in [-0.3, -0.25) is 28.8 Å². The van der Waals surface area contributed by atoms with Crippen molar-refractivity contribution >= 4 is 69.2 Å². The average molecular weight is 1220 g/mol. The number of alkyl halides is 1. The number of allylic oxidation sites excluding steroid dienone is 2. The van der Waals surface area contributed by atoms with Crippen molar-refractivity contribution in [2.45, 2.75) is 173 Å². The summed E-state index contributed by atoms with van der Waals surface area (Å²) in [5.41, 5.74) is 6.80. The number of rotatable bonds is 32. The molecule has 1 spiro atoms. The van der Waals surface area contributed by atoms with Gasteiger partial charge in [-0.05, 0) is 94.9 Å². The molecule has 8 amide bonds. The molecule has 3 aliphatic heterocycles. The highest BCUT2D eigenvalue weighted by Crippen LogP contribution is 2.42. The Labute approximate surface area is 489 Å². The van der Waals surface area contributed by atoms with Crippen LogP contribution in [0, 0.1) is 11.8 Å². The van der Waals surface area contributed by atoms with Crippen molar-refractivity contribution in [1.82, 2.24) is 42.5 Å². The average Bonchev–Trinajstić information content (AvgIpc) is 4.15. The first-order valence-electron chi connectivity index (χ1n) is 28.0. The molecule has 0 aliphatic carbocycles. The third-order valence-corrected chi connectivity index (χ3v) is 14.4. The normalized spacial score (nSPS) is 23.4. The van der Waals surface area contributed by atoms with Crippen molar-refractivity contribution < 1.29 is 67.1 Å². The minimum Gasteiger partial charge on any atom is -0.459 e. The van der Waals surface area contributed by atoms with E-state index in [2.05, 4.69) is 83.4 Å². The smallest absolute Gasteiger partial charge is 0.408 e. The molecule has 3 aliphatic rings. The number of alkyl carbamates (subject to hydrolysis) is 1. The number of aliphatic hydroxyl groups excluding tert-OH is 1. The highest BCUT2D eigenvalue weighted by molar-refractivity contribution is 9.09. The van der Waals surface area contributed by atoms with Crippen molar-refractivity contribution in [3.8, 4) is 0 Å². The molecule has 0 saturated carbocycles. The molecule has 0 radical (unpaired) electrons. The second-order valence-electron chi connectivity index (χ2n) is 21.4. The van der Waals surface area contributed by atoms with Gasteiger partial charge in [0.15, 0.2) is 0 Å². The molecule has 3 saturated heterocycles. The lowest BCUT2D eigenvalue weighted by atomic mass is 9.87. The van der Waals surface area contributed by atoms with Gasteiger partial charge in [-0.15, -0.1) is 0 Å². The fraction of sp³-hybridized carbons (Fsp3) is 0.614. The Morgan fingerprint density at radius 3 is 2.28 bits per heavy atom. The highest BCUT2D eigenvalue weighted by atomic mass is 79.9.